The van der Waals surface area contributed by atoms with Gasteiger partial charge in [0.15, 0.2) is 5.82 Å². The monoisotopic (exact) mass is 660 g/mol. The number of pyridine rings is 2. The first-order chi connectivity index (χ1) is 22.4. The van der Waals surface area contributed by atoms with Gasteiger partial charge in [0.1, 0.15) is 28.2 Å². The number of hydrogen-bond acceptors (Lipinski definition) is 11. The van der Waals surface area contributed by atoms with Crippen LogP contribution in [-0.2, 0) is 10.9 Å². The molecule has 0 amide bonds. The molecule has 2 unspecified atom stereocenters. The molecule has 15 heteroatoms. The Labute approximate surface area is 270 Å². The minimum atomic E-state index is -4.86. The van der Waals surface area contributed by atoms with Crippen LogP contribution in [0.2, 0.25) is 0 Å². The Morgan fingerprint density at radius 3 is 2.66 bits per heavy atom. The molecule has 1 saturated carbocycles. The molecule has 0 radical (unpaired) electrons. The largest absolute Gasteiger partial charge is 0.474 e. The summed E-state index contributed by atoms with van der Waals surface area (Å²) < 4.78 is 78.0. The zero-order chi connectivity index (χ0) is 33.1. The molecule has 3 aromatic heterocycles. The first-order valence-electron chi connectivity index (χ1n) is 16.2. The number of morpholine rings is 1. The lowest BCUT2D eigenvalue weighted by molar-refractivity contribution is -0.137. The molecule has 6 heterocycles. The molecule has 4 atom stereocenters. The van der Waals surface area contributed by atoms with E-state index in [9.17, 15) is 13.2 Å². The molecule has 254 valence electrons. The molecule has 11 nitrogen and oxygen atoms in total. The number of hydrogen-bond donors (Lipinski definition) is 3. The van der Waals surface area contributed by atoms with Crippen LogP contribution in [0.4, 0.5) is 29.2 Å². The molecule has 3 aliphatic heterocycles. The first-order valence-corrected chi connectivity index (χ1v) is 16.2. The van der Waals surface area contributed by atoms with Gasteiger partial charge in [-0.1, -0.05) is 0 Å². The van der Waals surface area contributed by atoms with Gasteiger partial charge in [-0.25, -0.2) is 14.4 Å². The van der Waals surface area contributed by atoms with Gasteiger partial charge in [-0.05, 0) is 65.0 Å². The van der Waals surface area contributed by atoms with Crippen LogP contribution >= 0.6 is 0 Å². The maximum Gasteiger partial charge on any atom is 0.418 e. The fourth-order valence-electron chi connectivity index (χ4n) is 7.23. The number of rotatable bonds is 6. The number of aryl methyl sites for hydroxylation is 1. The van der Waals surface area contributed by atoms with Crippen molar-refractivity contribution in [2.75, 3.05) is 57.0 Å². The number of halogens is 4. The molecule has 4 aliphatic rings. The van der Waals surface area contributed by atoms with Gasteiger partial charge in [0, 0.05) is 43.2 Å². The van der Waals surface area contributed by atoms with Gasteiger partial charge in [-0.3, -0.25) is 4.90 Å². The van der Waals surface area contributed by atoms with Gasteiger partial charge < -0.3 is 30.6 Å². The van der Waals surface area contributed by atoms with E-state index in [0.29, 0.717) is 32.1 Å². The predicted octanol–water partition coefficient (Wildman–Crippen LogP) is 4.58. The molecule has 4 N–H and O–H groups in total. The van der Waals surface area contributed by atoms with Gasteiger partial charge in [0.05, 0.1) is 36.7 Å². The van der Waals surface area contributed by atoms with Gasteiger partial charge in [-0.15, -0.1) is 0 Å². The van der Waals surface area contributed by atoms with Crippen molar-refractivity contribution >= 4 is 22.5 Å². The average Bonchev–Trinajstić information content (AvgIpc) is 3.61. The van der Waals surface area contributed by atoms with Crippen molar-refractivity contribution in [3.05, 3.63) is 23.1 Å². The van der Waals surface area contributed by atoms with Gasteiger partial charge >= 0.3 is 12.2 Å². The van der Waals surface area contributed by atoms with Crippen LogP contribution in [-0.4, -0.2) is 89.0 Å². The van der Waals surface area contributed by atoms with E-state index in [1.54, 1.807) is 0 Å². The van der Waals surface area contributed by atoms with Crippen molar-refractivity contribution in [1.82, 2.24) is 30.2 Å². The number of aromatic nitrogens is 4. The topological polar surface area (TPSA) is 133 Å². The number of anilines is 2. The summed E-state index contributed by atoms with van der Waals surface area (Å²) in [5.41, 5.74) is 2.89. The van der Waals surface area contributed by atoms with Crippen LogP contribution < -0.4 is 25.8 Å². The predicted molar refractivity (Wildman–Crippen MR) is 167 cm³/mol. The van der Waals surface area contributed by atoms with Crippen molar-refractivity contribution < 1.29 is 31.8 Å². The van der Waals surface area contributed by atoms with Gasteiger partial charge in [0.25, 0.3) is 0 Å². The Hall–Kier alpha value is -3.56. The molecule has 1 aliphatic carbocycles. The van der Waals surface area contributed by atoms with E-state index < -0.39 is 34.5 Å². The highest BCUT2D eigenvalue weighted by Crippen LogP contribution is 2.47. The van der Waals surface area contributed by atoms with Crippen molar-refractivity contribution in [1.29, 1.82) is 0 Å². The van der Waals surface area contributed by atoms with E-state index in [0.717, 1.165) is 51.5 Å². The lowest BCUT2D eigenvalue weighted by Gasteiger charge is -2.33. The lowest BCUT2D eigenvalue weighted by atomic mass is 9.99. The molecular formula is C32H40F4N8O3. The summed E-state index contributed by atoms with van der Waals surface area (Å²) in [5.74, 6) is -0.767. The number of nitrogens with one attached hydrogen (secondary N) is 2. The number of nitrogens with two attached hydrogens (primary N) is 1. The highest BCUT2D eigenvalue weighted by Gasteiger charge is 2.46. The fraction of sp³-hybridized carbons (Fsp3) is 0.625. The molecule has 3 fully saturated rings. The smallest absolute Gasteiger partial charge is 0.418 e. The van der Waals surface area contributed by atoms with Crippen LogP contribution in [0.3, 0.4) is 0 Å². The zero-order valence-corrected chi connectivity index (χ0v) is 26.7. The quantitative estimate of drug-likeness (QED) is 0.321. The molecule has 0 spiro atoms. The second-order valence-electron chi connectivity index (χ2n) is 13.7. The highest BCUT2D eigenvalue weighted by molar-refractivity contribution is 5.96. The second-order valence-corrected chi connectivity index (χ2v) is 13.7. The number of nitrogens with zero attached hydrogens (tertiary/aromatic N) is 5. The standard InChI is InChI=1S/C32H40F4N8O3/c1-16-8-19-9-20(38-11-19)12-39-28-23-27(42-30(43-28)46-15-31(4-5-31)14-44-6-7-45-17(2)13-44)25(33)26(41-29(23)47-16)21-10-22(37)40-18(3)24(21)32(34,35)36/h10,16-17,19-20,38H,4-9,11-15H2,1-3H3,(H2,37,40)(H,39,42,43)/t16-,17+,19?,20?/m0/s1. The molecule has 0 aromatic carbocycles. The Bertz CT molecular complexity index is 1670. The zero-order valence-electron chi connectivity index (χ0n) is 26.7. The highest BCUT2D eigenvalue weighted by atomic mass is 19.4. The number of ether oxygens (including phenoxy) is 3. The molecule has 3 aromatic rings. The van der Waals surface area contributed by atoms with Crippen LogP contribution in [0.5, 0.6) is 11.9 Å². The van der Waals surface area contributed by atoms with E-state index >= 15 is 4.39 Å². The summed E-state index contributed by atoms with van der Waals surface area (Å²) >= 11 is 0. The summed E-state index contributed by atoms with van der Waals surface area (Å²) in [7, 11) is 0. The third-order valence-corrected chi connectivity index (χ3v) is 9.65. The lowest BCUT2D eigenvalue weighted by Crippen LogP contribution is -2.44. The summed E-state index contributed by atoms with van der Waals surface area (Å²) in [6, 6.07) is 1.05. The number of fused-ring (bicyclic) bond motifs is 2. The van der Waals surface area contributed by atoms with Crippen LogP contribution in [0.15, 0.2) is 6.07 Å². The fourth-order valence-corrected chi connectivity index (χ4v) is 7.23. The molecule has 2 bridgehead atoms. The normalized spacial score (nSPS) is 25.9. The van der Waals surface area contributed by atoms with Gasteiger partial charge in [0.2, 0.25) is 5.88 Å². The first kappa shape index (κ1) is 32.0. The Morgan fingerprint density at radius 2 is 1.91 bits per heavy atom. The van der Waals surface area contributed by atoms with E-state index in [1.165, 1.54) is 6.92 Å². The summed E-state index contributed by atoms with van der Waals surface area (Å²) in [6.45, 7) is 9.88. The third-order valence-electron chi connectivity index (χ3n) is 9.65. The maximum atomic E-state index is 16.7. The summed E-state index contributed by atoms with van der Waals surface area (Å²) in [5, 5.41) is 6.97. The van der Waals surface area contributed by atoms with Crippen molar-refractivity contribution in [3.63, 3.8) is 0 Å². The van der Waals surface area contributed by atoms with Crippen molar-refractivity contribution in [2.24, 2.45) is 11.3 Å². The van der Waals surface area contributed by atoms with Gasteiger partial charge in [-0.2, -0.15) is 23.1 Å². The van der Waals surface area contributed by atoms with E-state index in [-0.39, 0.29) is 58.1 Å². The van der Waals surface area contributed by atoms with Crippen LogP contribution in [0, 0.1) is 24.1 Å². The summed E-state index contributed by atoms with van der Waals surface area (Å²) in [6.07, 6.45) is -1.57. The van der Waals surface area contributed by atoms with Crippen molar-refractivity contribution in [2.45, 2.75) is 70.9 Å². The second kappa shape index (κ2) is 12.2. The van der Waals surface area contributed by atoms with E-state index in [2.05, 4.69) is 42.4 Å². The Kier molecular flexibility index (Phi) is 8.28. The summed E-state index contributed by atoms with van der Waals surface area (Å²) in [4.78, 5) is 19.7. The maximum absolute atomic E-state index is 16.7. The van der Waals surface area contributed by atoms with E-state index in [1.807, 2.05) is 6.92 Å². The Morgan fingerprint density at radius 1 is 1.11 bits per heavy atom. The third kappa shape index (κ3) is 6.61. The minimum absolute atomic E-state index is 0.0649. The number of alkyl halides is 3. The molecule has 47 heavy (non-hydrogen) atoms. The average molecular weight is 661 g/mol. The van der Waals surface area contributed by atoms with Crippen molar-refractivity contribution in [3.8, 4) is 23.1 Å². The van der Waals surface area contributed by atoms with Crippen LogP contribution in [0.1, 0.15) is 50.8 Å². The molecule has 2 saturated heterocycles. The van der Waals surface area contributed by atoms with Crippen LogP contribution in [0.25, 0.3) is 22.2 Å². The van der Waals surface area contributed by atoms with E-state index in [4.69, 9.17) is 19.9 Å². The molecular weight excluding hydrogens is 620 g/mol. The Balaban J connectivity index is 1.33. The number of nitrogen functional groups attached to an aromatic ring is 1. The molecule has 7 rings (SSSR count). The minimum Gasteiger partial charge on any atom is -0.474 e. The SMILES string of the molecule is Cc1nc(N)cc(-c2nc3c4c(nc(OCC5(CN6CCO[C@H](C)C6)CC5)nc4c2F)NCC2CC(CN2)C[C@H](C)O3)c1C(F)(F)F.